The summed E-state index contributed by atoms with van der Waals surface area (Å²) in [7, 11) is 0. The molecule has 0 aromatic heterocycles. The van der Waals surface area contributed by atoms with Gasteiger partial charge in [-0.3, -0.25) is 4.79 Å². The van der Waals surface area contributed by atoms with Crippen LogP contribution >= 0.6 is 0 Å². The standard InChI is InChI=1S/C14H30N2O/c1-6-10-13(9-4)15-11(5)14(17)16-12(7-2)8-3/h11-13,15H,6-10H2,1-5H3,(H,16,17). The highest BCUT2D eigenvalue weighted by molar-refractivity contribution is 5.81. The lowest BCUT2D eigenvalue weighted by atomic mass is 10.1. The summed E-state index contributed by atoms with van der Waals surface area (Å²) in [6.07, 6.45) is 5.38. The van der Waals surface area contributed by atoms with E-state index in [2.05, 4.69) is 38.3 Å². The molecular weight excluding hydrogens is 212 g/mol. The maximum absolute atomic E-state index is 12.0. The minimum absolute atomic E-state index is 0.0906. The predicted octanol–water partition coefficient (Wildman–Crippen LogP) is 2.85. The minimum atomic E-state index is -0.0906. The van der Waals surface area contributed by atoms with E-state index in [4.69, 9.17) is 0 Å². The normalized spacial score (nSPS) is 14.7. The Morgan fingerprint density at radius 1 is 1.00 bits per heavy atom. The van der Waals surface area contributed by atoms with Crippen molar-refractivity contribution in [1.29, 1.82) is 0 Å². The van der Waals surface area contributed by atoms with Gasteiger partial charge in [-0.2, -0.15) is 0 Å². The first-order chi connectivity index (χ1) is 8.08. The molecule has 3 heteroatoms. The third-order valence-electron chi connectivity index (χ3n) is 3.34. The predicted molar refractivity (Wildman–Crippen MR) is 74.1 cm³/mol. The van der Waals surface area contributed by atoms with E-state index in [1.54, 1.807) is 0 Å². The van der Waals surface area contributed by atoms with Gasteiger partial charge in [0.2, 0.25) is 5.91 Å². The van der Waals surface area contributed by atoms with Crippen molar-refractivity contribution in [3.05, 3.63) is 0 Å². The van der Waals surface area contributed by atoms with Gasteiger partial charge < -0.3 is 10.6 Å². The molecule has 0 heterocycles. The van der Waals surface area contributed by atoms with Crippen LogP contribution in [0.5, 0.6) is 0 Å². The number of hydrogen-bond donors (Lipinski definition) is 2. The summed E-state index contributed by atoms with van der Waals surface area (Å²) in [6, 6.07) is 0.688. The molecule has 0 aliphatic rings. The second kappa shape index (κ2) is 9.46. The van der Waals surface area contributed by atoms with Gasteiger partial charge >= 0.3 is 0 Å². The van der Waals surface area contributed by atoms with Crippen LogP contribution < -0.4 is 10.6 Å². The van der Waals surface area contributed by atoms with E-state index in [9.17, 15) is 4.79 Å². The molecule has 17 heavy (non-hydrogen) atoms. The fourth-order valence-corrected chi connectivity index (χ4v) is 2.00. The molecule has 1 amide bonds. The molecule has 0 aliphatic heterocycles. The molecule has 0 fully saturated rings. The Morgan fingerprint density at radius 2 is 1.53 bits per heavy atom. The molecule has 102 valence electrons. The molecule has 0 aromatic rings. The van der Waals surface area contributed by atoms with Gasteiger partial charge in [-0.05, 0) is 32.6 Å². The van der Waals surface area contributed by atoms with Crippen LogP contribution in [0, 0.1) is 0 Å². The van der Waals surface area contributed by atoms with Crippen LogP contribution in [-0.4, -0.2) is 24.0 Å². The van der Waals surface area contributed by atoms with Crippen LogP contribution in [0.3, 0.4) is 0 Å². The van der Waals surface area contributed by atoms with Crippen molar-refractivity contribution in [2.45, 2.75) is 84.8 Å². The maximum Gasteiger partial charge on any atom is 0.237 e. The highest BCUT2D eigenvalue weighted by Gasteiger charge is 2.18. The SMILES string of the molecule is CCCC(CC)NC(C)C(=O)NC(CC)CC. The van der Waals surface area contributed by atoms with Crippen molar-refractivity contribution >= 4 is 5.91 Å². The summed E-state index contributed by atoms with van der Waals surface area (Å²) < 4.78 is 0. The molecule has 0 bridgehead atoms. The second-order valence-corrected chi connectivity index (χ2v) is 4.80. The van der Waals surface area contributed by atoms with E-state index < -0.39 is 0 Å². The van der Waals surface area contributed by atoms with Gasteiger partial charge in [-0.1, -0.05) is 34.1 Å². The van der Waals surface area contributed by atoms with Crippen LogP contribution in [0.15, 0.2) is 0 Å². The largest absolute Gasteiger partial charge is 0.352 e. The third-order valence-corrected chi connectivity index (χ3v) is 3.34. The second-order valence-electron chi connectivity index (χ2n) is 4.80. The highest BCUT2D eigenvalue weighted by Crippen LogP contribution is 2.03. The zero-order valence-corrected chi connectivity index (χ0v) is 12.2. The van der Waals surface area contributed by atoms with E-state index in [0.29, 0.717) is 12.1 Å². The Hall–Kier alpha value is -0.570. The Balaban J connectivity index is 4.10. The Morgan fingerprint density at radius 3 is 1.94 bits per heavy atom. The van der Waals surface area contributed by atoms with Crippen LogP contribution in [0.4, 0.5) is 0 Å². The lowest BCUT2D eigenvalue weighted by Gasteiger charge is -2.23. The number of rotatable bonds is 9. The summed E-state index contributed by atoms with van der Waals surface area (Å²) in [5.41, 5.74) is 0. The molecule has 0 aliphatic carbocycles. The van der Waals surface area contributed by atoms with E-state index in [-0.39, 0.29) is 11.9 Å². The van der Waals surface area contributed by atoms with Crippen LogP contribution in [-0.2, 0) is 4.79 Å². The molecule has 2 unspecified atom stereocenters. The Labute approximate surface area is 107 Å². The minimum Gasteiger partial charge on any atom is -0.352 e. The van der Waals surface area contributed by atoms with Crippen molar-refractivity contribution in [1.82, 2.24) is 10.6 Å². The zero-order chi connectivity index (χ0) is 13.3. The van der Waals surface area contributed by atoms with E-state index in [1.165, 1.54) is 0 Å². The third kappa shape index (κ3) is 6.67. The zero-order valence-electron chi connectivity index (χ0n) is 12.2. The van der Waals surface area contributed by atoms with Crippen LogP contribution in [0.2, 0.25) is 0 Å². The molecule has 3 nitrogen and oxygen atoms in total. The van der Waals surface area contributed by atoms with E-state index in [0.717, 1.165) is 32.1 Å². The average molecular weight is 242 g/mol. The molecule has 0 saturated heterocycles. The Kier molecular flexibility index (Phi) is 9.14. The Bertz CT molecular complexity index is 202. The van der Waals surface area contributed by atoms with Gasteiger partial charge in [-0.25, -0.2) is 0 Å². The first kappa shape index (κ1) is 16.4. The van der Waals surface area contributed by atoms with Gasteiger partial charge in [0, 0.05) is 12.1 Å². The molecule has 0 saturated carbocycles. The molecule has 0 rings (SSSR count). The number of nitrogens with one attached hydrogen (secondary N) is 2. The van der Waals surface area contributed by atoms with Crippen molar-refractivity contribution in [3.63, 3.8) is 0 Å². The van der Waals surface area contributed by atoms with Crippen LogP contribution in [0.25, 0.3) is 0 Å². The summed E-state index contributed by atoms with van der Waals surface area (Å²) in [6.45, 7) is 10.5. The number of carbonyl (C=O) groups excluding carboxylic acids is 1. The highest BCUT2D eigenvalue weighted by atomic mass is 16.2. The number of carbonyl (C=O) groups is 1. The van der Waals surface area contributed by atoms with Gasteiger partial charge in [0.05, 0.1) is 6.04 Å². The quantitative estimate of drug-likeness (QED) is 0.653. The van der Waals surface area contributed by atoms with E-state index in [1.807, 2.05) is 6.92 Å². The van der Waals surface area contributed by atoms with Gasteiger partial charge in [0.25, 0.3) is 0 Å². The molecule has 0 aromatic carbocycles. The monoisotopic (exact) mass is 242 g/mol. The summed E-state index contributed by atoms with van der Waals surface area (Å²) in [5, 5.41) is 6.50. The molecule has 0 spiro atoms. The number of amides is 1. The lowest BCUT2D eigenvalue weighted by molar-refractivity contribution is -0.123. The smallest absolute Gasteiger partial charge is 0.237 e. The van der Waals surface area contributed by atoms with Crippen molar-refractivity contribution in [3.8, 4) is 0 Å². The molecule has 2 N–H and O–H groups in total. The van der Waals surface area contributed by atoms with E-state index >= 15 is 0 Å². The summed E-state index contributed by atoms with van der Waals surface area (Å²) in [5.74, 6) is 0.133. The first-order valence-electron chi connectivity index (χ1n) is 7.15. The average Bonchev–Trinajstić information content (AvgIpc) is 2.34. The van der Waals surface area contributed by atoms with Crippen molar-refractivity contribution < 1.29 is 4.79 Å². The first-order valence-corrected chi connectivity index (χ1v) is 7.15. The number of hydrogen-bond acceptors (Lipinski definition) is 2. The maximum atomic E-state index is 12.0. The van der Waals surface area contributed by atoms with Crippen molar-refractivity contribution in [2.24, 2.45) is 0 Å². The van der Waals surface area contributed by atoms with Gasteiger partial charge in [0.1, 0.15) is 0 Å². The van der Waals surface area contributed by atoms with Gasteiger partial charge in [-0.15, -0.1) is 0 Å². The summed E-state index contributed by atoms with van der Waals surface area (Å²) in [4.78, 5) is 12.0. The topological polar surface area (TPSA) is 41.1 Å². The molecule has 0 radical (unpaired) electrons. The van der Waals surface area contributed by atoms with Gasteiger partial charge in [0.15, 0.2) is 0 Å². The molecule has 2 atom stereocenters. The fourth-order valence-electron chi connectivity index (χ4n) is 2.00. The summed E-state index contributed by atoms with van der Waals surface area (Å²) >= 11 is 0. The van der Waals surface area contributed by atoms with Crippen molar-refractivity contribution in [2.75, 3.05) is 0 Å². The fraction of sp³-hybridized carbons (Fsp3) is 0.929. The van der Waals surface area contributed by atoms with Crippen LogP contribution in [0.1, 0.15) is 66.7 Å². The lowest BCUT2D eigenvalue weighted by Crippen LogP contribution is -2.49. The molecular formula is C14H30N2O.